The molecule has 0 heterocycles. The fourth-order valence-corrected chi connectivity index (χ4v) is 2.82. The molecule has 110 valence electrons. The van der Waals surface area contributed by atoms with Crippen LogP contribution in [0.3, 0.4) is 0 Å². The highest BCUT2D eigenvalue weighted by molar-refractivity contribution is 5.28. The third kappa shape index (κ3) is 4.70. The lowest BCUT2D eigenvalue weighted by atomic mass is 9.86. The van der Waals surface area contributed by atoms with Gasteiger partial charge in [-0.25, -0.2) is 0 Å². The third-order valence-electron chi connectivity index (χ3n) is 4.32. The van der Waals surface area contributed by atoms with E-state index in [9.17, 15) is 0 Å². The van der Waals surface area contributed by atoms with Crippen molar-refractivity contribution in [3.05, 3.63) is 41.5 Å². The van der Waals surface area contributed by atoms with Crippen LogP contribution in [0.5, 0.6) is 5.75 Å². The molecule has 0 aliphatic heterocycles. The molecule has 1 unspecified atom stereocenters. The van der Waals surface area contributed by atoms with Gasteiger partial charge in [-0.15, -0.1) is 0 Å². The topological polar surface area (TPSA) is 9.23 Å². The molecular weight excluding hydrogens is 244 g/mol. The summed E-state index contributed by atoms with van der Waals surface area (Å²) in [7, 11) is 0. The number of aryl methyl sites for hydroxylation is 1. The summed E-state index contributed by atoms with van der Waals surface area (Å²) in [6.07, 6.45) is 11.3. The lowest BCUT2D eigenvalue weighted by Crippen LogP contribution is -2.05. The molecule has 1 aliphatic rings. The van der Waals surface area contributed by atoms with E-state index in [0.29, 0.717) is 0 Å². The highest BCUT2D eigenvalue weighted by Crippen LogP contribution is 2.28. The Balaban J connectivity index is 1.78. The molecule has 1 heteroatoms. The van der Waals surface area contributed by atoms with Crippen LogP contribution in [-0.2, 0) is 6.42 Å². The Labute approximate surface area is 124 Å². The monoisotopic (exact) mass is 272 g/mol. The van der Waals surface area contributed by atoms with Crippen molar-refractivity contribution >= 4 is 0 Å². The Morgan fingerprint density at radius 2 is 1.90 bits per heavy atom. The van der Waals surface area contributed by atoms with Gasteiger partial charge in [0.05, 0.1) is 6.61 Å². The number of benzene rings is 1. The van der Waals surface area contributed by atoms with Crippen molar-refractivity contribution in [2.75, 3.05) is 6.61 Å². The summed E-state index contributed by atoms with van der Waals surface area (Å²) in [6.45, 7) is 5.26. The van der Waals surface area contributed by atoms with Crippen molar-refractivity contribution in [1.82, 2.24) is 0 Å². The lowest BCUT2D eigenvalue weighted by molar-refractivity contribution is 0.317. The molecule has 0 fully saturated rings. The third-order valence-corrected chi connectivity index (χ3v) is 4.32. The van der Waals surface area contributed by atoms with Gasteiger partial charge in [0.2, 0.25) is 0 Å². The zero-order valence-electron chi connectivity index (χ0n) is 13.0. The van der Waals surface area contributed by atoms with Gasteiger partial charge in [0, 0.05) is 0 Å². The normalized spacial score (nSPS) is 18.7. The molecule has 0 amide bonds. The first-order chi connectivity index (χ1) is 9.81. The van der Waals surface area contributed by atoms with E-state index in [1.165, 1.54) is 37.7 Å². The van der Waals surface area contributed by atoms with E-state index in [1.54, 1.807) is 5.57 Å². The number of rotatable bonds is 7. The summed E-state index contributed by atoms with van der Waals surface area (Å²) in [5, 5.41) is 0. The molecule has 1 aromatic rings. The molecule has 1 aromatic carbocycles. The van der Waals surface area contributed by atoms with E-state index >= 15 is 0 Å². The van der Waals surface area contributed by atoms with E-state index in [2.05, 4.69) is 44.2 Å². The SMILES string of the molecule is CCCOc1ccc(CCC2=CCC(CC)CC2)cc1. The molecule has 0 bridgehead atoms. The first-order valence-corrected chi connectivity index (χ1v) is 8.21. The van der Waals surface area contributed by atoms with Crippen molar-refractivity contribution in [1.29, 1.82) is 0 Å². The Bertz CT molecular complexity index is 416. The van der Waals surface area contributed by atoms with Gasteiger partial charge in [-0.05, 0) is 62.1 Å². The first kappa shape index (κ1) is 15.2. The fourth-order valence-electron chi connectivity index (χ4n) is 2.82. The average molecular weight is 272 g/mol. The molecule has 0 saturated carbocycles. The van der Waals surface area contributed by atoms with Crippen molar-refractivity contribution < 1.29 is 4.74 Å². The smallest absolute Gasteiger partial charge is 0.119 e. The van der Waals surface area contributed by atoms with Crippen LogP contribution in [0.1, 0.15) is 57.9 Å². The highest BCUT2D eigenvalue weighted by Gasteiger charge is 2.12. The van der Waals surface area contributed by atoms with Crippen LogP contribution < -0.4 is 4.74 Å². The van der Waals surface area contributed by atoms with Crippen LogP contribution in [-0.4, -0.2) is 6.61 Å². The van der Waals surface area contributed by atoms with Crippen LogP contribution in [0.2, 0.25) is 0 Å². The zero-order chi connectivity index (χ0) is 14.2. The first-order valence-electron chi connectivity index (χ1n) is 8.21. The number of ether oxygens (including phenoxy) is 1. The summed E-state index contributed by atoms with van der Waals surface area (Å²) >= 11 is 0. The van der Waals surface area contributed by atoms with E-state index in [1.807, 2.05) is 0 Å². The summed E-state index contributed by atoms with van der Waals surface area (Å²) in [4.78, 5) is 0. The standard InChI is InChI=1S/C19H28O/c1-3-15-20-19-13-11-18(12-14-19)10-9-17-7-5-16(4-2)6-8-17/h7,11-14,16H,3-6,8-10,15H2,1-2H3. The van der Waals surface area contributed by atoms with Crippen LogP contribution in [0.25, 0.3) is 0 Å². The molecule has 2 rings (SSSR count). The second kappa shape index (κ2) is 8.14. The molecule has 20 heavy (non-hydrogen) atoms. The van der Waals surface area contributed by atoms with Gasteiger partial charge in [0.15, 0.2) is 0 Å². The maximum absolute atomic E-state index is 5.62. The van der Waals surface area contributed by atoms with Crippen LogP contribution in [0.15, 0.2) is 35.9 Å². The predicted octanol–water partition coefficient (Wildman–Crippen LogP) is 5.54. The van der Waals surface area contributed by atoms with Gasteiger partial charge in [-0.3, -0.25) is 0 Å². The van der Waals surface area contributed by atoms with E-state index in [0.717, 1.165) is 31.1 Å². The summed E-state index contributed by atoms with van der Waals surface area (Å²) in [6, 6.07) is 8.63. The maximum atomic E-state index is 5.62. The van der Waals surface area contributed by atoms with Crippen LogP contribution >= 0.6 is 0 Å². The van der Waals surface area contributed by atoms with E-state index < -0.39 is 0 Å². The molecule has 0 N–H and O–H groups in total. The molecule has 0 radical (unpaired) electrons. The molecule has 0 aromatic heterocycles. The maximum Gasteiger partial charge on any atom is 0.119 e. The minimum atomic E-state index is 0.810. The van der Waals surface area contributed by atoms with Crippen molar-refractivity contribution in [3.8, 4) is 5.75 Å². The van der Waals surface area contributed by atoms with Gasteiger partial charge in [-0.2, -0.15) is 0 Å². The minimum Gasteiger partial charge on any atom is -0.494 e. The van der Waals surface area contributed by atoms with Gasteiger partial charge in [0.1, 0.15) is 5.75 Å². The molecule has 1 nitrogen and oxygen atoms in total. The minimum absolute atomic E-state index is 0.810. The Hall–Kier alpha value is -1.24. The number of allylic oxidation sites excluding steroid dienone is 2. The van der Waals surface area contributed by atoms with Crippen LogP contribution in [0, 0.1) is 5.92 Å². The molecule has 0 saturated heterocycles. The molecular formula is C19H28O. The number of hydrogen-bond donors (Lipinski definition) is 0. The van der Waals surface area contributed by atoms with Gasteiger partial charge < -0.3 is 4.74 Å². The molecule has 1 aliphatic carbocycles. The Morgan fingerprint density at radius 3 is 2.50 bits per heavy atom. The lowest BCUT2D eigenvalue weighted by Gasteiger charge is -2.20. The van der Waals surface area contributed by atoms with Crippen molar-refractivity contribution in [3.63, 3.8) is 0 Å². The fraction of sp³-hybridized carbons (Fsp3) is 0.579. The summed E-state index contributed by atoms with van der Waals surface area (Å²) < 4.78 is 5.62. The van der Waals surface area contributed by atoms with E-state index in [4.69, 9.17) is 4.74 Å². The quantitative estimate of drug-likeness (QED) is 0.592. The molecule has 0 spiro atoms. The van der Waals surface area contributed by atoms with Gasteiger partial charge >= 0.3 is 0 Å². The van der Waals surface area contributed by atoms with Gasteiger partial charge in [-0.1, -0.05) is 44.1 Å². The Kier molecular flexibility index (Phi) is 6.17. The number of hydrogen-bond acceptors (Lipinski definition) is 1. The second-order valence-electron chi connectivity index (χ2n) is 5.90. The zero-order valence-corrected chi connectivity index (χ0v) is 13.0. The summed E-state index contributed by atoms with van der Waals surface area (Å²) in [5.41, 5.74) is 3.09. The highest BCUT2D eigenvalue weighted by atomic mass is 16.5. The summed E-state index contributed by atoms with van der Waals surface area (Å²) in [5.74, 6) is 1.94. The second-order valence-corrected chi connectivity index (χ2v) is 5.90. The molecule has 1 atom stereocenters. The van der Waals surface area contributed by atoms with Crippen molar-refractivity contribution in [2.24, 2.45) is 5.92 Å². The van der Waals surface area contributed by atoms with Gasteiger partial charge in [0.25, 0.3) is 0 Å². The largest absolute Gasteiger partial charge is 0.494 e. The predicted molar refractivity (Wildman–Crippen MR) is 86.3 cm³/mol. The van der Waals surface area contributed by atoms with Crippen LogP contribution in [0.4, 0.5) is 0 Å². The van der Waals surface area contributed by atoms with E-state index in [-0.39, 0.29) is 0 Å². The Morgan fingerprint density at radius 1 is 1.10 bits per heavy atom. The average Bonchev–Trinajstić information content (AvgIpc) is 2.52. The van der Waals surface area contributed by atoms with Crippen molar-refractivity contribution in [2.45, 2.75) is 58.8 Å².